The highest BCUT2D eigenvalue weighted by atomic mass is 127. The van der Waals surface area contributed by atoms with Gasteiger partial charge in [-0.2, -0.15) is 0 Å². The van der Waals surface area contributed by atoms with Crippen LogP contribution in [-0.4, -0.2) is 7.05 Å². The largest absolute Gasteiger partial charge is 0.309 e. The van der Waals surface area contributed by atoms with E-state index in [-0.39, 0.29) is 11.1 Å². The van der Waals surface area contributed by atoms with Gasteiger partial charge in [0, 0.05) is 13.6 Å². The maximum absolute atomic E-state index is 14.3. The Morgan fingerprint density at radius 1 is 1.25 bits per heavy atom. The molecule has 2 aromatic carbocycles. The van der Waals surface area contributed by atoms with E-state index in [9.17, 15) is 4.39 Å². The molecule has 0 heterocycles. The summed E-state index contributed by atoms with van der Waals surface area (Å²) in [5.41, 5.74) is 1.37. The summed E-state index contributed by atoms with van der Waals surface area (Å²) >= 11 is 17.5. The van der Waals surface area contributed by atoms with Crippen LogP contribution in [0.4, 0.5) is 4.39 Å². The van der Waals surface area contributed by atoms with Crippen molar-refractivity contribution in [1.29, 1.82) is 0 Å². The molecule has 0 aliphatic carbocycles. The van der Waals surface area contributed by atoms with Gasteiger partial charge in [0.1, 0.15) is 5.82 Å². The van der Waals surface area contributed by atoms with Crippen molar-refractivity contribution in [3.63, 3.8) is 0 Å². The van der Waals surface area contributed by atoms with Crippen molar-refractivity contribution in [1.82, 2.24) is 5.32 Å². The molecule has 0 aliphatic rings. The summed E-state index contributed by atoms with van der Waals surface area (Å²) in [5, 5.41) is 3.82. The van der Waals surface area contributed by atoms with E-state index in [1.807, 2.05) is 18.2 Å². The Bertz CT molecular complexity index is 651. The van der Waals surface area contributed by atoms with E-state index in [4.69, 9.17) is 23.2 Å². The first-order valence-electron chi connectivity index (χ1n) is 5.71. The zero-order valence-electron chi connectivity index (χ0n) is 10.4. The lowest BCUT2D eigenvalue weighted by Crippen LogP contribution is -2.19. The van der Waals surface area contributed by atoms with Crippen LogP contribution in [0, 0.1) is 9.39 Å². The predicted octanol–water partition coefficient (Wildman–Crippen LogP) is 5.81. The van der Waals surface area contributed by atoms with Gasteiger partial charge >= 0.3 is 0 Å². The maximum atomic E-state index is 14.3. The minimum Gasteiger partial charge on any atom is -0.309 e. The van der Waals surface area contributed by atoms with Crippen molar-refractivity contribution in [3.8, 4) is 0 Å². The van der Waals surface area contributed by atoms with Gasteiger partial charge in [-0.25, -0.2) is 4.39 Å². The summed E-state index contributed by atoms with van der Waals surface area (Å²) in [6, 6.07) is 8.79. The van der Waals surface area contributed by atoms with Crippen LogP contribution in [0.5, 0.6) is 0 Å². The topological polar surface area (TPSA) is 12.0 Å². The second-order valence-electron chi connectivity index (χ2n) is 4.16. The second kappa shape index (κ2) is 6.92. The zero-order valence-corrected chi connectivity index (χ0v) is 15.6. The van der Waals surface area contributed by atoms with Crippen LogP contribution in [0.2, 0.25) is 10.0 Å². The second-order valence-corrected chi connectivity index (χ2v) is 6.96. The summed E-state index contributed by atoms with van der Waals surface area (Å²) in [7, 11) is 1.77. The summed E-state index contributed by atoms with van der Waals surface area (Å²) in [6.07, 6.45) is 0. The molecule has 0 radical (unpaired) electrons. The third-order valence-corrected chi connectivity index (χ3v) is 5.77. The number of hydrogen-bond donors (Lipinski definition) is 1. The van der Waals surface area contributed by atoms with Crippen molar-refractivity contribution in [3.05, 3.63) is 65.4 Å². The Labute approximate surface area is 149 Å². The number of rotatable bonds is 3. The lowest BCUT2D eigenvalue weighted by atomic mass is 9.98. The number of nitrogens with one attached hydrogen (secondary N) is 1. The van der Waals surface area contributed by atoms with Crippen molar-refractivity contribution < 1.29 is 4.39 Å². The summed E-state index contributed by atoms with van der Waals surface area (Å²) in [5.74, 6) is -0.435. The molecule has 2 rings (SSSR count). The molecule has 0 fully saturated rings. The average Bonchev–Trinajstić information content (AvgIpc) is 2.43. The highest BCUT2D eigenvalue weighted by Gasteiger charge is 2.20. The molecular formula is C14H10BrCl2FIN. The first-order chi connectivity index (χ1) is 9.45. The first-order valence-corrected chi connectivity index (χ1v) is 8.34. The van der Waals surface area contributed by atoms with Crippen LogP contribution in [0.25, 0.3) is 0 Å². The number of halogens is 5. The van der Waals surface area contributed by atoms with Crippen LogP contribution in [0.15, 0.2) is 34.8 Å². The van der Waals surface area contributed by atoms with E-state index in [0.29, 0.717) is 15.1 Å². The van der Waals surface area contributed by atoms with Crippen molar-refractivity contribution in [2.75, 3.05) is 7.05 Å². The van der Waals surface area contributed by atoms with Crippen LogP contribution in [-0.2, 0) is 0 Å². The average molecular weight is 489 g/mol. The Hall–Kier alpha value is 0.120. The maximum Gasteiger partial charge on any atom is 0.148 e. The molecule has 106 valence electrons. The lowest BCUT2D eigenvalue weighted by Gasteiger charge is -2.19. The third kappa shape index (κ3) is 3.30. The predicted molar refractivity (Wildman–Crippen MR) is 94.2 cm³/mol. The molecule has 1 nitrogen and oxygen atoms in total. The van der Waals surface area contributed by atoms with Crippen molar-refractivity contribution in [2.45, 2.75) is 6.04 Å². The van der Waals surface area contributed by atoms with Gasteiger partial charge in [-0.15, -0.1) is 0 Å². The van der Waals surface area contributed by atoms with Gasteiger partial charge in [0.15, 0.2) is 0 Å². The first kappa shape index (κ1) is 16.5. The minimum absolute atomic E-state index is 0.0827. The molecule has 0 aliphatic heterocycles. The molecular weight excluding hydrogens is 479 g/mol. The van der Waals surface area contributed by atoms with Crippen molar-refractivity contribution >= 4 is 61.7 Å². The third-order valence-electron chi connectivity index (χ3n) is 2.94. The Balaban J connectivity index is 2.52. The smallest absolute Gasteiger partial charge is 0.148 e. The molecule has 20 heavy (non-hydrogen) atoms. The summed E-state index contributed by atoms with van der Waals surface area (Å²) < 4.78 is 15.8. The van der Waals surface area contributed by atoms with Gasteiger partial charge in [0.2, 0.25) is 0 Å². The van der Waals surface area contributed by atoms with E-state index in [1.165, 1.54) is 0 Å². The van der Waals surface area contributed by atoms with E-state index in [1.54, 1.807) is 19.2 Å². The Morgan fingerprint density at radius 3 is 2.55 bits per heavy atom. The fourth-order valence-corrected chi connectivity index (χ4v) is 2.96. The minimum atomic E-state index is -0.435. The fraction of sp³-hybridized carbons (Fsp3) is 0.143. The van der Waals surface area contributed by atoms with Gasteiger partial charge in [-0.3, -0.25) is 0 Å². The molecule has 0 spiro atoms. The van der Waals surface area contributed by atoms with E-state index < -0.39 is 5.82 Å². The number of benzene rings is 2. The summed E-state index contributed by atoms with van der Waals surface area (Å²) in [4.78, 5) is 0. The van der Waals surface area contributed by atoms with E-state index >= 15 is 0 Å². The van der Waals surface area contributed by atoms with Crippen LogP contribution < -0.4 is 5.32 Å². The molecule has 1 N–H and O–H groups in total. The molecule has 0 amide bonds. The standard InChI is InChI=1S/C14H10BrCl2FIN/c1-20-14(7-2-5-11(19)10(16)6-7)8-3-4-9(15)12(17)13(8)18/h2-6,14,20H,1H3. The van der Waals surface area contributed by atoms with Crippen LogP contribution in [0.1, 0.15) is 17.2 Å². The molecule has 0 saturated heterocycles. The van der Waals surface area contributed by atoms with Crippen LogP contribution >= 0.6 is 61.7 Å². The molecule has 6 heteroatoms. The monoisotopic (exact) mass is 487 g/mol. The molecule has 0 aromatic heterocycles. The van der Waals surface area contributed by atoms with Gasteiger partial charge in [-0.05, 0) is 69.3 Å². The van der Waals surface area contributed by atoms with E-state index in [0.717, 1.165) is 9.13 Å². The number of hydrogen-bond acceptors (Lipinski definition) is 1. The molecule has 0 saturated carbocycles. The molecule has 2 aromatic rings. The molecule has 1 unspecified atom stereocenters. The fourth-order valence-electron chi connectivity index (χ4n) is 1.96. The van der Waals surface area contributed by atoms with E-state index in [2.05, 4.69) is 43.8 Å². The molecule has 0 bridgehead atoms. The highest BCUT2D eigenvalue weighted by molar-refractivity contribution is 14.1. The normalized spacial score (nSPS) is 12.5. The lowest BCUT2D eigenvalue weighted by molar-refractivity contribution is 0.576. The Morgan fingerprint density at radius 2 is 1.95 bits per heavy atom. The SMILES string of the molecule is CNC(c1ccc(I)c(Cl)c1)c1ccc(Br)c(Cl)c1F. The Kier molecular flexibility index (Phi) is 5.71. The molecule has 1 atom stereocenters. The van der Waals surface area contributed by atoms with Crippen LogP contribution in [0.3, 0.4) is 0 Å². The quantitative estimate of drug-likeness (QED) is 0.425. The van der Waals surface area contributed by atoms with Crippen molar-refractivity contribution in [2.24, 2.45) is 0 Å². The highest BCUT2D eigenvalue weighted by Crippen LogP contribution is 2.34. The van der Waals surface area contributed by atoms with Gasteiger partial charge < -0.3 is 5.32 Å². The van der Waals surface area contributed by atoms with Gasteiger partial charge in [0.05, 0.1) is 16.1 Å². The van der Waals surface area contributed by atoms with Gasteiger partial charge in [0.25, 0.3) is 0 Å². The zero-order chi connectivity index (χ0) is 14.9. The van der Waals surface area contributed by atoms with Gasteiger partial charge in [-0.1, -0.05) is 35.3 Å². The summed E-state index contributed by atoms with van der Waals surface area (Å²) in [6.45, 7) is 0.